The van der Waals surface area contributed by atoms with Gasteiger partial charge in [-0.3, -0.25) is 0 Å². The van der Waals surface area contributed by atoms with Gasteiger partial charge in [0.2, 0.25) is 0 Å². The molecular formula is C10H20OS. The van der Waals surface area contributed by atoms with Gasteiger partial charge in [-0.05, 0) is 18.6 Å². The highest BCUT2D eigenvalue weighted by molar-refractivity contribution is 7.99. The summed E-state index contributed by atoms with van der Waals surface area (Å²) < 4.78 is 0. The molecule has 0 N–H and O–H groups in total. The van der Waals surface area contributed by atoms with Gasteiger partial charge in [0, 0.05) is 11.7 Å². The lowest BCUT2D eigenvalue weighted by atomic mass is 10.1. The van der Waals surface area contributed by atoms with Crippen LogP contribution in [0.4, 0.5) is 0 Å². The third-order valence-corrected chi connectivity index (χ3v) is 3.16. The normalized spacial score (nSPS) is 12.8. The number of carbonyl (C=O) groups is 1. The van der Waals surface area contributed by atoms with E-state index in [-0.39, 0.29) is 0 Å². The van der Waals surface area contributed by atoms with Crippen molar-refractivity contribution in [3.8, 4) is 0 Å². The standard InChI is InChI=1S/C10H20OS/c1-3-5-6-10(8-11)9-12-7-4-2/h8,10H,3-7,9H2,1-2H3. The van der Waals surface area contributed by atoms with E-state index in [2.05, 4.69) is 13.8 Å². The first kappa shape index (κ1) is 12.0. The Morgan fingerprint density at radius 1 is 1.33 bits per heavy atom. The lowest BCUT2D eigenvalue weighted by Gasteiger charge is -2.07. The predicted molar refractivity (Wildman–Crippen MR) is 56.7 cm³/mol. The van der Waals surface area contributed by atoms with Crippen LogP contribution in [0.5, 0.6) is 0 Å². The molecule has 1 unspecified atom stereocenters. The van der Waals surface area contributed by atoms with Crippen LogP contribution >= 0.6 is 11.8 Å². The zero-order valence-electron chi connectivity index (χ0n) is 8.21. The summed E-state index contributed by atoms with van der Waals surface area (Å²) in [4.78, 5) is 10.6. The van der Waals surface area contributed by atoms with Gasteiger partial charge in [-0.1, -0.05) is 26.7 Å². The van der Waals surface area contributed by atoms with E-state index in [4.69, 9.17) is 0 Å². The van der Waals surface area contributed by atoms with Crippen molar-refractivity contribution < 1.29 is 4.79 Å². The van der Waals surface area contributed by atoms with Gasteiger partial charge in [-0.15, -0.1) is 0 Å². The topological polar surface area (TPSA) is 17.1 Å². The first-order chi connectivity index (χ1) is 5.85. The average Bonchev–Trinajstić information content (AvgIpc) is 2.11. The summed E-state index contributed by atoms with van der Waals surface area (Å²) in [6, 6.07) is 0. The number of unbranched alkanes of at least 4 members (excludes halogenated alkanes) is 1. The third kappa shape index (κ3) is 6.71. The van der Waals surface area contributed by atoms with Crippen molar-refractivity contribution in [1.29, 1.82) is 0 Å². The minimum Gasteiger partial charge on any atom is -0.303 e. The monoisotopic (exact) mass is 188 g/mol. The molecule has 0 aromatic carbocycles. The molecular weight excluding hydrogens is 168 g/mol. The fourth-order valence-electron chi connectivity index (χ4n) is 1.04. The van der Waals surface area contributed by atoms with Crippen molar-refractivity contribution in [2.75, 3.05) is 11.5 Å². The Morgan fingerprint density at radius 3 is 2.58 bits per heavy atom. The molecule has 0 saturated carbocycles. The average molecular weight is 188 g/mol. The first-order valence-corrected chi connectivity index (χ1v) is 6.03. The van der Waals surface area contributed by atoms with Gasteiger partial charge >= 0.3 is 0 Å². The van der Waals surface area contributed by atoms with Crippen LogP contribution in [0.15, 0.2) is 0 Å². The van der Waals surface area contributed by atoms with Crippen molar-refractivity contribution in [1.82, 2.24) is 0 Å². The van der Waals surface area contributed by atoms with Gasteiger partial charge < -0.3 is 4.79 Å². The molecule has 1 atom stereocenters. The quantitative estimate of drug-likeness (QED) is 0.430. The number of hydrogen-bond acceptors (Lipinski definition) is 2. The first-order valence-electron chi connectivity index (χ1n) is 4.88. The van der Waals surface area contributed by atoms with Crippen LogP contribution in [-0.4, -0.2) is 17.8 Å². The van der Waals surface area contributed by atoms with E-state index in [1.165, 1.54) is 25.0 Å². The van der Waals surface area contributed by atoms with Crippen molar-refractivity contribution in [2.24, 2.45) is 5.92 Å². The van der Waals surface area contributed by atoms with Gasteiger partial charge in [0.1, 0.15) is 6.29 Å². The fourth-order valence-corrected chi connectivity index (χ4v) is 2.04. The highest BCUT2D eigenvalue weighted by Gasteiger charge is 2.05. The zero-order valence-corrected chi connectivity index (χ0v) is 9.03. The zero-order chi connectivity index (χ0) is 9.23. The fraction of sp³-hybridized carbons (Fsp3) is 0.900. The Morgan fingerprint density at radius 2 is 2.08 bits per heavy atom. The highest BCUT2D eigenvalue weighted by atomic mass is 32.2. The smallest absolute Gasteiger partial charge is 0.123 e. The van der Waals surface area contributed by atoms with Crippen molar-refractivity contribution in [2.45, 2.75) is 39.5 Å². The molecule has 0 amide bonds. The second-order valence-corrected chi connectivity index (χ2v) is 4.26. The van der Waals surface area contributed by atoms with Crippen molar-refractivity contribution in [3.63, 3.8) is 0 Å². The van der Waals surface area contributed by atoms with Gasteiger partial charge in [-0.2, -0.15) is 11.8 Å². The molecule has 72 valence electrons. The molecule has 0 radical (unpaired) electrons. The molecule has 12 heavy (non-hydrogen) atoms. The lowest BCUT2D eigenvalue weighted by molar-refractivity contribution is -0.110. The van der Waals surface area contributed by atoms with Crippen LogP contribution in [0.1, 0.15) is 39.5 Å². The number of hydrogen-bond donors (Lipinski definition) is 0. The minimum atomic E-state index is 0.307. The second-order valence-electron chi connectivity index (χ2n) is 3.11. The van der Waals surface area contributed by atoms with E-state index in [0.717, 1.165) is 18.5 Å². The maximum Gasteiger partial charge on any atom is 0.123 e. The molecule has 0 aliphatic heterocycles. The lowest BCUT2D eigenvalue weighted by Crippen LogP contribution is -2.05. The predicted octanol–water partition coefficient (Wildman–Crippen LogP) is 3.13. The maximum atomic E-state index is 10.6. The molecule has 0 aliphatic carbocycles. The summed E-state index contributed by atoms with van der Waals surface area (Å²) >= 11 is 1.91. The molecule has 0 heterocycles. The molecule has 0 spiro atoms. The number of carbonyl (C=O) groups excluding carboxylic acids is 1. The molecule has 0 bridgehead atoms. The summed E-state index contributed by atoms with van der Waals surface area (Å²) in [6.07, 6.45) is 5.80. The van der Waals surface area contributed by atoms with Crippen LogP contribution in [0.3, 0.4) is 0 Å². The SMILES string of the molecule is CCCCC(C=O)CSCCC. The highest BCUT2D eigenvalue weighted by Crippen LogP contribution is 2.13. The van der Waals surface area contributed by atoms with Crippen molar-refractivity contribution in [3.05, 3.63) is 0 Å². The van der Waals surface area contributed by atoms with Crippen LogP contribution in [-0.2, 0) is 4.79 Å². The molecule has 2 heteroatoms. The van der Waals surface area contributed by atoms with Crippen LogP contribution in [0.2, 0.25) is 0 Å². The molecule has 0 aromatic rings. The van der Waals surface area contributed by atoms with Crippen LogP contribution in [0, 0.1) is 5.92 Å². The van der Waals surface area contributed by atoms with Gasteiger partial charge in [-0.25, -0.2) is 0 Å². The van der Waals surface area contributed by atoms with Crippen LogP contribution < -0.4 is 0 Å². The molecule has 1 nitrogen and oxygen atoms in total. The van der Waals surface area contributed by atoms with Gasteiger partial charge in [0.15, 0.2) is 0 Å². The minimum absolute atomic E-state index is 0.307. The number of aldehydes is 1. The summed E-state index contributed by atoms with van der Waals surface area (Å²) in [6.45, 7) is 4.34. The Balaban J connectivity index is 3.32. The Labute approximate surface area is 80.3 Å². The molecule has 0 rings (SSSR count). The van der Waals surface area contributed by atoms with Crippen LogP contribution in [0.25, 0.3) is 0 Å². The Kier molecular flexibility index (Phi) is 9.13. The van der Waals surface area contributed by atoms with E-state index in [0.29, 0.717) is 5.92 Å². The van der Waals surface area contributed by atoms with Gasteiger partial charge in [0.25, 0.3) is 0 Å². The number of rotatable bonds is 8. The molecule has 0 aliphatic rings. The molecule has 0 aromatic heterocycles. The number of thioether (sulfide) groups is 1. The van der Waals surface area contributed by atoms with Gasteiger partial charge in [0.05, 0.1) is 0 Å². The van der Waals surface area contributed by atoms with E-state index in [9.17, 15) is 4.79 Å². The van der Waals surface area contributed by atoms with E-state index < -0.39 is 0 Å². The molecule has 0 saturated heterocycles. The summed E-state index contributed by atoms with van der Waals surface area (Å²) in [5, 5.41) is 0. The summed E-state index contributed by atoms with van der Waals surface area (Å²) in [5.41, 5.74) is 0. The second kappa shape index (κ2) is 9.11. The Hall–Kier alpha value is 0.0200. The largest absolute Gasteiger partial charge is 0.303 e. The third-order valence-electron chi connectivity index (χ3n) is 1.80. The van der Waals surface area contributed by atoms with E-state index >= 15 is 0 Å². The maximum absolute atomic E-state index is 10.6. The van der Waals surface area contributed by atoms with Crippen molar-refractivity contribution >= 4 is 18.0 Å². The van der Waals surface area contributed by atoms with E-state index in [1.807, 2.05) is 11.8 Å². The molecule has 0 fully saturated rings. The van der Waals surface area contributed by atoms with E-state index in [1.54, 1.807) is 0 Å². The Bertz CT molecular complexity index is 104. The summed E-state index contributed by atoms with van der Waals surface area (Å²) in [5.74, 6) is 2.52. The summed E-state index contributed by atoms with van der Waals surface area (Å²) in [7, 11) is 0.